The number of nitrogens with zero attached hydrogens (tertiary/aromatic N) is 5. The summed E-state index contributed by atoms with van der Waals surface area (Å²) in [5.41, 5.74) is 2.43. The van der Waals surface area contributed by atoms with Gasteiger partial charge >= 0.3 is 0 Å². The minimum atomic E-state index is -0.297. The van der Waals surface area contributed by atoms with Crippen LogP contribution in [0.4, 0.5) is 10.2 Å². The number of hydrogen-bond donors (Lipinski definition) is 1. The van der Waals surface area contributed by atoms with Crippen molar-refractivity contribution in [3.63, 3.8) is 0 Å². The average Bonchev–Trinajstić information content (AvgIpc) is 3.15. The quantitative estimate of drug-likeness (QED) is 0.773. The Morgan fingerprint density at radius 2 is 1.96 bits per heavy atom. The summed E-state index contributed by atoms with van der Waals surface area (Å²) in [5, 5.41) is 15.4. The minimum Gasteiger partial charge on any atom is -0.306 e. The third kappa shape index (κ3) is 3.90. The molecular weight excluding hydrogens is 323 g/mol. The predicted octanol–water partition coefficient (Wildman–Crippen LogP) is 2.81. The molecule has 8 heteroatoms. The van der Waals surface area contributed by atoms with Crippen LogP contribution in [0.15, 0.2) is 36.7 Å². The van der Waals surface area contributed by atoms with Crippen LogP contribution in [0.2, 0.25) is 0 Å². The first-order chi connectivity index (χ1) is 11.9. The molecule has 3 aromatic rings. The largest absolute Gasteiger partial charge is 0.306 e. The van der Waals surface area contributed by atoms with Gasteiger partial charge in [-0.25, -0.2) is 4.39 Å². The first-order valence-corrected chi connectivity index (χ1v) is 7.94. The molecule has 2 heterocycles. The van der Waals surface area contributed by atoms with E-state index in [2.05, 4.69) is 20.6 Å². The van der Waals surface area contributed by atoms with Crippen molar-refractivity contribution in [3.8, 4) is 11.3 Å². The van der Waals surface area contributed by atoms with Gasteiger partial charge in [-0.15, -0.1) is 5.10 Å². The molecule has 2 aromatic heterocycles. The van der Waals surface area contributed by atoms with E-state index < -0.39 is 0 Å². The highest BCUT2D eigenvalue weighted by molar-refractivity contribution is 5.89. The third-order valence-corrected chi connectivity index (χ3v) is 3.61. The lowest BCUT2D eigenvalue weighted by Crippen LogP contribution is -2.19. The van der Waals surface area contributed by atoms with E-state index in [1.807, 2.05) is 20.8 Å². The second-order valence-electron chi connectivity index (χ2n) is 6.06. The number of halogens is 1. The Morgan fingerprint density at radius 3 is 2.60 bits per heavy atom. The van der Waals surface area contributed by atoms with E-state index in [0.29, 0.717) is 5.82 Å². The summed E-state index contributed by atoms with van der Waals surface area (Å²) in [5.74, 6) is -0.139. The summed E-state index contributed by atoms with van der Waals surface area (Å²) in [6.45, 7) is 5.86. The number of carbonyl (C=O) groups is 1. The zero-order valence-corrected chi connectivity index (χ0v) is 14.3. The van der Waals surface area contributed by atoms with Crippen molar-refractivity contribution in [3.05, 3.63) is 48.0 Å². The lowest BCUT2D eigenvalue weighted by atomic mass is 10.1. The maximum absolute atomic E-state index is 13.0. The van der Waals surface area contributed by atoms with E-state index in [1.165, 1.54) is 23.1 Å². The molecule has 1 amide bonds. The smallest absolute Gasteiger partial charge is 0.247 e. The lowest BCUT2D eigenvalue weighted by Gasteiger charge is -2.03. The molecule has 0 saturated heterocycles. The van der Waals surface area contributed by atoms with Crippen LogP contribution in [-0.2, 0) is 11.3 Å². The Kier molecular flexibility index (Phi) is 4.60. The van der Waals surface area contributed by atoms with Crippen LogP contribution in [-0.4, -0.2) is 30.7 Å². The number of rotatable bonds is 5. The Labute approximate surface area is 144 Å². The van der Waals surface area contributed by atoms with E-state index in [1.54, 1.807) is 23.0 Å². The number of amides is 1. The molecule has 0 radical (unpaired) electrons. The molecule has 1 N–H and O–H groups in total. The molecule has 0 unspecified atom stereocenters. The fourth-order valence-corrected chi connectivity index (χ4v) is 2.41. The molecule has 1 aromatic carbocycles. The monoisotopic (exact) mass is 342 g/mol. The van der Waals surface area contributed by atoms with Gasteiger partial charge in [-0.2, -0.15) is 15.0 Å². The van der Waals surface area contributed by atoms with Crippen molar-refractivity contribution in [2.75, 3.05) is 5.32 Å². The van der Waals surface area contributed by atoms with Gasteiger partial charge in [-0.1, -0.05) is 0 Å². The molecule has 0 saturated carbocycles. The van der Waals surface area contributed by atoms with Crippen LogP contribution in [0.3, 0.4) is 0 Å². The van der Waals surface area contributed by atoms with Gasteiger partial charge in [-0.3, -0.25) is 9.48 Å². The molecule has 3 rings (SSSR count). The van der Waals surface area contributed by atoms with Crippen molar-refractivity contribution < 1.29 is 9.18 Å². The standard InChI is InChI=1S/C17H19FN6O/c1-11(2)24-19-8-15(21-24)20-16(25)10-23-9-12(3)17(22-23)13-4-6-14(18)7-5-13/h4-9,11H,10H2,1-3H3,(H,20,21,25). The zero-order valence-electron chi connectivity index (χ0n) is 14.3. The van der Waals surface area contributed by atoms with Crippen LogP contribution >= 0.6 is 0 Å². The highest BCUT2D eigenvalue weighted by Gasteiger charge is 2.12. The second-order valence-corrected chi connectivity index (χ2v) is 6.06. The zero-order chi connectivity index (χ0) is 18.0. The molecule has 0 aliphatic heterocycles. The van der Waals surface area contributed by atoms with Gasteiger partial charge in [0.15, 0.2) is 5.82 Å². The summed E-state index contributed by atoms with van der Waals surface area (Å²) >= 11 is 0. The number of carbonyl (C=O) groups excluding carboxylic acids is 1. The number of benzene rings is 1. The van der Waals surface area contributed by atoms with Gasteiger partial charge in [0.2, 0.25) is 5.91 Å². The molecule has 0 atom stereocenters. The molecular formula is C17H19FN6O. The fraction of sp³-hybridized carbons (Fsp3) is 0.294. The van der Waals surface area contributed by atoms with Crippen LogP contribution in [0.1, 0.15) is 25.5 Å². The predicted molar refractivity (Wildman–Crippen MR) is 91.4 cm³/mol. The van der Waals surface area contributed by atoms with Crippen molar-refractivity contribution in [1.82, 2.24) is 24.8 Å². The number of aromatic nitrogens is 5. The Balaban J connectivity index is 1.69. The van der Waals surface area contributed by atoms with Crippen molar-refractivity contribution in [1.29, 1.82) is 0 Å². The van der Waals surface area contributed by atoms with Gasteiger partial charge < -0.3 is 5.32 Å². The van der Waals surface area contributed by atoms with Crippen LogP contribution < -0.4 is 5.32 Å². The molecule has 7 nitrogen and oxygen atoms in total. The summed E-state index contributed by atoms with van der Waals surface area (Å²) in [6.07, 6.45) is 3.29. The van der Waals surface area contributed by atoms with E-state index in [0.717, 1.165) is 16.8 Å². The van der Waals surface area contributed by atoms with Gasteiger partial charge in [0.1, 0.15) is 12.4 Å². The van der Waals surface area contributed by atoms with Crippen molar-refractivity contribution >= 4 is 11.7 Å². The van der Waals surface area contributed by atoms with E-state index >= 15 is 0 Å². The molecule has 0 aliphatic rings. The van der Waals surface area contributed by atoms with E-state index in [9.17, 15) is 9.18 Å². The van der Waals surface area contributed by atoms with E-state index in [-0.39, 0.29) is 24.3 Å². The minimum absolute atomic E-state index is 0.0522. The molecule has 0 spiro atoms. The summed E-state index contributed by atoms with van der Waals surface area (Å²) in [4.78, 5) is 13.7. The van der Waals surface area contributed by atoms with Crippen molar-refractivity contribution in [2.45, 2.75) is 33.4 Å². The first kappa shape index (κ1) is 16.8. The van der Waals surface area contributed by atoms with Gasteiger partial charge in [0.25, 0.3) is 0 Å². The normalized spacial score (nSPS) is 11.1. The Bertz CT molecular complexity index is 881. The van der Waals surface area contributed by atoms with Gasteiger partial charge in [0.05, 0.1) is 17.9 Å². The Morgan fingerprint density at radius 1 is 1.24 bits per heavy atom. The highest BCUT2D eigenvalue weighted by Crippen LogP contribution is 2.21. The maximum atomic E-state index is 13.0. The maximum Gasteiger partial charge on any atom is 0.247 e. The summed E-state index contributed by atoms with van der Waals surface area (Å²) in [6, 6.07) is 6.23. The topological polar surface area (TPSA) is 77.6 Å². The number of aryl methyl sites for hydroxylation is 1. The number of hydrogen-bond acceptors (Lipinski definition) is 4. The number of anilines is 1. The lowest BCUT2D eigenvalue weighted by molar-refractivity contribution is -0.116. The van der Waals surface area contributed by atoms with Crippen LogP contribution in [0.5, 0.6) is 0 Å². The van der Waals surface area contributed by atoms with Crippen LogP contribution in [0, 0.1) is 12.7 Å². The van der Waals surface area contributed by atoms with Gasteiger partial charge in [-0.05, 0) is 50.6 Å². The second kappa shape index (κ2) is 6.84. The van der Waals surface area contributed by atoms with Crippen LogP contribution in [0.25, 0.3) is 11.3 Å². The third-order valence-electron chi connectivity index (χ3n) is 3.61. The Hall–Kier alpha value is -3.03. The molecule has 130 valence electrons. The number of nitrogens with one attached hydrogen (secondary N) is 1. The summed E-state index contributed by atoms with van der Waals surface area (Å²) < 4.78 is 14.6. The fourth-order valence-electron chi connectivity index (χ4n) is 2.41. The molecule has 0 aliphatic carbocycles. The summed E-state index contributed by atoms with van der Waals surface area (Å²) in [7, 11) is 0. The molecule has 0 fully saturated rings. The van der Waals surface area contributed by atoms with Crippen molar-refractivity contribution in [2.24, 2.45) is 0 Å². The van der Waals surface area contributed by atoms with E-state index in [4.69, 9.17) is 0 Å². The SMILES string of the molecule is Cc1cn(CC(=O)Nc2cnn(C(C)C)n2)nc1-c1ccc(F)cc1. The van der Waals surface area contributed by atoms with Gasteiger partial charge in [0, 0.05) is 11.8 Å². The first-order valence-electron chi connectivity index (χ1n) is 7.94. The molecule has 0 bridgehead atoms. The average molecular weight is 342 g/mol. The molecule has 25 heavy (non-hydrogen) atoms. The highest BCUT2D eigenvalue weighted by atomic mass is 19.1.